The van der Waals surface area contributed by atoms with Gasteiger partial charge in [0.25, 0.3) is 0 Å². The maximum absolute atomic E-state index is 10.5. The van der Waals surface area contributed by atoms with E-state index in [1.54, 1.807) is 4.68 Å². The van der Waals surface area contributed by atoms with Gasteiger partial charge in [0.05, 0.1) is 22.5 Å². The van der Waals surface area contributed by atoms with Crippen LogP contribution in [0, 0.1) is 0 Å². The summed E-state index contributed by atoms with van der Waals surface area (Å²) in [6.07, 6.45) is 2.65. The van der Waals surface area contributed by atoms with Gasteiger partial charge in [-0.15, -0.1) is 0 Å². The van der Waals surface area contributed by atoms with Crippen LogP contribution < -0.4 is 0 Å². The molecule has 0 bridgehead atoms. The molecule has 0 aromatic carbocycles. The second-order valence-electron chi connectivity index (χ2n) is 3.37. The first-order valence-corrected chi connectivity index (χ1v) is 5.95. The lowest BCUT2D eigenvalue weighted by Gasteiger charge is -1.98. The van der Waals surface area contributed by atoms with Crippen LogP contribution in [0.15, 0.2) is 0 Å². The Balaban J connectivity index is 3.13. The van der Waals surface area contributed by atoms with Crippen LogP contribution in [0.5, 0.6) is 5.88 Å². The molecule has 84 valence electrons. The first kappa shape index (κ1) is 12.0. The minimum atomic E-state index is 0.114. The Morgan fingerprint density at radius 2 is 2.20 bits per heavy atom. The molecule has 0 amide bonds. The lowest BCUT2D eigenvalue weighted by atomic mass is 10.2. The summed E-state index contributed by atoms with van der Waals surface area (Å²) in [7, 11) is 0. The van der Waals surface area contributed by atoms with Gasteiger partial charge >= 0.3 is 0 Å². The third kappa shape index (κ3) is 2.68. The van der Waals surface area contributed by atoms with Gasteiger partial charge in [0.2, 0.25) is 5.88 Å². The van der Waals surface area contributed by atoms with Crippen LogP contribution in [0.25, 0.3) is 0 Å². The predicted octanol–water partition coefficient (Wildman–Crippen LogP) is 1.31. The van der Waals surface area contributed by atoms with Gasteiger partial charge in [-0.2, -0.15) is 5.10 Å². The molecule has 15 heavy (non-hydrogen) atoms. The van der Waals surface area contributed by atoms with Crippen molar-refractivity contribution in [2.45, 2.75) is 39.7 Å². The Labute approximate surface area is 93.0 Å². The molecule has 0 saturated carbocycles. The number of rotatable bonds is 5. The molecular formula is C10H16N2O2S. The summed E-state index contributed by atoms with van der Waals surface area (Å²) in [5.41, 5.74) is 1.40. The molecule has 5 heteroatoms. The van der Waals surface area contributed by atoms with Crippen LogP contribution in [0.3, 0.4) is 0 Å². The Morgan fingerprint density at radius 3 is 2.73 bits per heavy atom. The molecule has 1 aromatic heterocycles. The fourth-order valence-electron chi connectivity index (χ4n) is 1.47. The summed E-state index contributed by atoms with van der Waals surface area (Å²) in [5.74, 6) is 0.114. The molecule has 0 saturated heterocycles. The maximum Gasteiger partial charge on any atom is 0.217 e. The van der Waals surface area contributed by atoms with E-state index >= 15 is 0 Å². The average Bonchev–Trinajstić information content (AvgIpc) is 2.49. The van der Waals surface area contributed by atoms with Gasteiger partial charge in [0, 0.05) is 11.9 Å². The summed E-state index contributed by atoms with van der Waals surface area (Å²) in [6.45, 7) is 4.75. The van der Waals surface area contributed by atoms with Crippen LogP contribution >= 0.6 is 0 Å². The van der Waals surface area contributed by atoms with Gasteiger partial charge in [-0.3, -0.25) is 0 Å². The van der Waals surface area contributed by atoms with Gasteiger partial charge in [-0.25, -0.2) is 8.89 Å². The molecule has 0 aliphatic rings. The molecule has 1 N–H and O–H groups in total. The summed E-state index contributed by atoms with van der Waals surface area (Å²) < 4.78 is 12.1. The van der Waals surface area contributed by atoms with Gasteiger partial charge in [0.15, 0.2) is 0 Å². The van der Waals surface area contributed by atoms with Gasteiger partial charge in [-0.05, 0) is 12.8 Å². The lowest BCUT2D eigenvalue weighted by molar-refractivity contribution is 0.396. The topological polar surface area (TPSA) is 55.1 Å². The first-order valence-electron chi connectivity index (χ1n) is 5.15. The highest BCUT2D eigenvalue weighted by molar-refractivity contribution is 7.65. The number of nitrogens with zero attached hydrogens (tertiary/aromatic N) is 2. The number of hydrogen-bond donors (Lipinski definition) is 1. The molecule has 0 atom stereocenters. The number of aromatic nitrogens is 2. The highest BCUT2D eigenvalue weighted by atomic mass is 32.1. The zero-order chi connectivity index (χ0) is 11.3. The molecular weight excluding hydrogens is 212 g/mol. The highest BCUT2D eigenvalue weighted by Crippen LogP contribution is 2.20. The largest absolute Gasteiger partial charge is 0.493 e. The standard InChI is InChI=1S/C10H16N2O2S/c1-3-5-9-8(7-15-14)10(13)12(11-9)6-4-2/h7,13H,3-6H2,1-2H3. The van der Waals surface area contributed by atoms with E-state index in [0.29, 0.717) is 23.4 Å². The predicted molar refractivity (Wildman–Crippen MR) is 61.5 cm³/mol. The smallest absolute Gasteiger partial charge is 0.217 e. The fourth-order valence-corrected chi connectivity index (χ4v) is 1.81. The van der Waals surface area contributed by atoms with E-state index in [4.69, 9.17) is 0 Å². The quantitative estimate of drug-likeness (QED) is 0.773. The van der Waals surface area contributed by atoms with E-state index < -0.39 is 0 Å². The summed E-state index contributed by atoms with van der Waals surface area (Å²) in [6, 6.07) is 0. The van der Waals surface area contributed by atoms with E-state index in [-0.39, 0.29) is 5.88 Å². The minimum Gasteiger partial charge on any atom is -0.493 e. The van der Waals surface area contributed by atoms with Crippen LogP contribution in [-0.2, 0) is 24.2 Å². The van der Waals surface area contributed by atoms with Gasteiger partial charge < -0.3 is 5.11 Å². The molecule has 0 spiro atoms. The summed E-state index contributed by atoms with van der Waals surface area (Å²) in [4.78, 5) is 0. The molecule has 1 heterocycles. The molecule has 0 radical (unpaired) electrons. The third-order valence-electron chi connectivity index (χ3n) is 2.13. The minimum absolute atomic E-state index is 0.114. The highest BCUT2D eigenvalue weighted by Gasteiger charge is 2.14. The zero-order valence-corrected chi connectivity index (χ0v) is 9.88. The van der Waals surface area contributed by atoms with E-state index in [1.807, 2.05) is 13.8 Å². The maximum atomic E-state index is 10.5. The summed E-state index contributed by atoms with van der Waals surface area (Å²) >= 11 is 0.352. The Kier molecular flexibility index (Phi) is 4.55. The van der Waals surface area contributed by atoms with Crippen molar-refractivity contribution in [1.29, 1.82) is 0 Å². The monoisotopic (exact) mass is 228 g/mol. The van der Waals surface area contributed by atoms with E-state index in [9.17, 15) is 9.32 Å². The van der Waals surface area contributed by atoms with Crippen molar-refractivity contribution < 1.29 is 9.32 Å². The SMILES string of the molecule is CCCc1nn(CCC)c(O)c1C=S=O. The van der Waals surface area contributed by atoms with E-state index in [1.165, 1.54) is 5.37 Å². The normalized spacial score (nSPS) is 10.3. The van der Waals surface area contributed by atoms with Crippen molar-refractivity contribution in [3.8, 4) is 5.88 Å². The molecule has 0 fully saturated rings. The van der Waals surface area contributed by atoms with Gasteiger partial charge in [0.1, 0.15) is 0 Å². The van der Waals surface area contributed by atoms with E-state index in [0.717, 1.165) is 25.0 Å². The zero-order valence-electron chi connectivity index (χ0n) is 9.06. The van der Waals surface area contributed by atoms with Crippen molar-refractivity contribution >= 4 is 16.6 Å². The Morgan fingerprint density at radius 1 is 1.47 bits per heavy atom. The fraction of sp³-hybridized carbons (Fsp3) is 0.600. The molecule has 1 rings (SSSR count). The van der Waals surface area contributed by atoms with Crippen molar-refractivity contribution in [2.24, 2.45) is 0 Å². The van der Waals surface area contributed by atoms with Crippen molar-refractivity contribution in [3.05, 3.63) is 11.3 Å². The lowest BCUT2D eigenvalue weighted by Crippen LogP contribution is -1.98. The number of hydrogen-bond acceptors (Lipinski definition) is 3. The van der Waals surface area contributed by atoms with Crippen molar-refractivity contribution in [2.75, 3.05) is 0 Å². The molecule has 1 aromatic rings. The Bertz CT molecular complexity index is 381. The second-order valence-corrected chi connectivity index (χ2v) is 3.80. The molecule has 0 aliphatic heterocycles. The molecule has 0 aliphatic carbocycles. The average molecular weight is 228 g/mol. The van der Waals surface area contributed by atoms with Gasteiger partial charge in [-0.1, -0.05) is 20.3 Å². The van der Waals surface area contributed by atoms with E-state index in [2.05, 4.69) is 5.10 Å². The second kappa shape index (κ2) is 5.70. The number of aryl methyl sites for hydroxylation is 2. The van der Waals surface area contributed by atoms with Crippen molar-refractivity contribution in [1.82, 2.24) is 9.78 Å². The van der Waals surface area contributed by atoms with Crippen LogP contribution in [0.2, 0.25) is 0 Å². The van der Waals surface area contributed by atoms with Crippen LogP contribution in [0.4, 0.5) is 0 Å². The number of aromatic hydroxyl groups is 1. The van der Waals surface area contributed by atoms with Crippen LogP contribution in [0.1, 0.15) is 37.9 Å². The van der Waals surface area contributed by atoms with Crippen LogP contribution in [-0.4, -0.2) is 24.5 Å². The molecule has 0 unspecified atom stereocenters. The first-order chi connectivity index (χ1) is 7.24. The summed E-state index contributed by atoms with van der Waals surface area (Å²) in [5, 5.41) is 15.5. The third-order valence-corrected chi connectivity index (χ3v) is 2.46. The Hall–Kier alpha value is -1.10. The van der Waals surface area contributed by atoms with Crippen molar-refractivity contribution in [3.63, 3.8) is 0 Å². The molecule has 4 nitrogen and oxygen atoms in total.